The highest BCUT2D eigenvalue weighted by atomic mass is 32.1. The fourth-order valence-corrected chi connectivity index (χ4v) is 6.25. The monoisotopic (exact) mass is 581 g/mol. The Morgan fingerprint density at radius 3 is 0.725 bits per heavy atom. The van der Waals surface area contributed by atoms with Gasteiger partial charge in [-0.15, -0.1) is 0 Å². The molecule has 0 aliphatic heterocycles. The second-order valence-electron chi connectivity index (χ2n) is 12.7. The van der Waals surface area contributed by atoms with E-state index >= 15 is 0 Å². The predicted octanol–water partition coefficient (Wildman–Crippen LogP) is 13.5. The minimum absolute atomic E-state index is 1.33. The van der Waals surface area contributed by atoms with E-state index in [2.05, 4.69) is 39.9 Å². The number of hydrogen-bond acceptors (Lipinski definition) is 1. The van der Waals surface area contributed by atoms with E-state index in [0.29, 0.717) is 0 Å². The van der Waals surface area contributed by atoms with Crippen molar-refractivity contribution in [3.05, 3.63) is 5.41 Å². The van der Waals surface area contributed by atoms with E-state index in [-0.39, 0.29) is 0 Å². The van der Waals surface area contributed by atoms with Crippen LogP contribution in [0.25, 0.3) is 5.41 Å². The molecule has 0 saturated heterocycles. The molecule has 0 bridgehead atoms. The van der Waals surface area contributed by atoms with Crippen LogP contribution in [0.5, 0.6) is 0 Å². The molecule has 0 radical (unpaired) electrons. The third-order valence-corrected chi connectivity index (χ3v) is 9.31. The van der Waals surface area contributed by atoms with Crippen molar-refractivity contribution in [3.8, 4) is 0 Å². The molecule has 40 heavy (non-hydrogen) atoms. The van der Waals surface area contributed by atoms with Crippen LogP contribution in [0, 0.1) is 0 Å². The fraction of sp³-hybridized carbons (Fsp3) is 0.973. The number of isothiocyanates is 1. The van der Waals surface area contributed by atoms with Crippen LogP contribution >= 0.6 is 12.2 Å². The highest BCUT2D eigenvalue weighted by Gasteiger charge is 2.21. The van der Waals surface area contributed by atoms with E-state index in [1.165, 1.54) is 216 Å². The van der Waals surface area contributed by atoms with Crippen LogP contribution in [0.4, 0.5) is 0 Å². The Kier molecular flexibility index (Phi) is 38.5. The maximum atomic E-state index is 7.13. The molecule has 0 unspecified atom stereocenters. The second-order valence-corrected chi connectivity index (χ2v) is 12.9. The summed E-state index contributed by atoms with van der Waals surface area (Å²) in [6.45, 7) is 15.1. The van der Waals surface area contributed by atoms with Gasteiger partial charge in [-0.1, -0.05) is 180 Å². The molecule has 0 aromatic carbocycles. The third-order valence-electron chi connectivity index (χ3n) is 9.31. The van der Waals surface area contributed by atoms with E-state index in [1.807, 2.05) is 0 Å². The van der Waals surface area contributed by atoms with Gasteiger partial charge in [-0.2, -0.15) is 5.16 Å². The van der Waals surface area contributed by atoms with Crippen molar-refractivity contribution in [2.24, 2.45) is 0 Å². The normalized spacial score (nSPS) is 11.3. The van der Waals surface area contributed by atoms with Gasteiger partial charge in [0.05, 0.1) is 26.2 Å². The van der Waals surface area contributed by atoms with Crippen LogP contribution in [0.3, 0.4) is 0 Å². The SMILES string of the molecule is CCCCCCCCCCCCCCCC[N+](CC)(CC)CCCCCCCCCCCCCCCC.[N-]=C=S. The number of quaternary nitrogens is 1. The van der Waals surface area contributed by atoms with E-state index in [1.54, 1.807) is 0 Å². The summed E-state index contributed by atoms with van der Waals surface area (Å²) in [5.74, 6) is 0. The molecule has 0 aliphatic rings. The second kappa shape index (κ2) is 36.8. The average molecular weight is 581 g/mol. The molecule has 240 valence electrons. The smallest absolute Gasteiger partial charge is 0.0786 e. The topological polar surface area (TPSA) is 22.3 Å². The largest absolute Gasteiger partial charge is 0.753 e. The predicted molar refractivity (Wildman–Crippen MR) is 188 cm³/mol. The van der Waals surface area contributed by atoms with E-state index < -0.39 is 0 Å². The van der Waals surface area contributed by atoms with Gasteiger partial charge in [0.1, 0.15) is 0 Å². The van der Waals surface area contributed by atoms with Crippen molar-refractivity contribution < 1.29 is 4.48 Å². The molecule has 0 aliphatic carbocycles. The summed E-state index contributed by atoms with van der Waals surface area (Å²) in [4.78, 5) is 0. The number of hydrogen-bond donors (Lipinski definition) is 0. The van der Waals surface area contributed by atoms with Gasteiger partial charge in [0.2, 0.25) is 0 Å². The first-order chi connectivity index (χ1) is 19.7. The van der Waals surface area contributed by atoms with Gasteiger partial charge in [-0.3, -0.25) is 0 Å². The Morgan fingerprint density at radius 1 is 0.375 bits per heavy atom. The first-order valence-electron chi connectivity index (χ1n) is 18.5. The van der Waals surface area contributed by atoms with E-state index in [4.69, 9.17) is 5.41 Å². The molecule has 0 N–H and O–H groups in total. The number of rotatable bonds is 32. The first kappa shape index (κ1) is 41.9. The van der Waals surface area contributed by atoms with Crippen molar-refractivity contribution in [1.29, 1.82) is 0 Å². The van der Waals surface area contributed by atoms with Gasteiger partial charge >= 0.3 is 0 Å². The maximum Gasteiger partial charge on any atom is 0.0786 e. The van der Waals surface area contributed by atoms with Gasteiger partial charge in [-0.25, -0.2) is 0 Å². The third kappa shape index (κ3) is 32.3. The van der Waals surface area contributed by atoms with Gasteiger partial charge < -0.3 is 9.89 Å². The van der Waals surface area contributed by atoms with Gasteiger partial charge in [0, 0.05) is 0 Å². The van der Waals surface area contributed by atoms with Crippen molar-refractivity contribution in [1.82, 2.24) is 0 Å². The summed E-state index contributed by atoms with van der Waals surface area (Å²) in [5, 5.41) is 8.47. The lowest BCUT2D eigenvalue weighted by atomic mass is 10.0. The minimum Gasteiger partial charge on any atom is -0.753 e. The number of thiocarbonyl (C=S) groups is 1. The standard InChI is InChI=1S/C36H76N.CNS/c1-5-9-11-13-15-17-19-21-23-25-27-29-31-33-35-37(7-3,8-4)36-34-32-30-28-26-24-22-20-18-16-14-12-10-6-2;2-1-3/h5-36H2,1-4H3;/q+1;-1. The van der Waals surface area contributed by atoms with Crippen LogP contribution in [-0.4, -0.2) is 35.8 Å². The Bertz CT molecular complexity index is 449. The summed E-state index contributed by atoms with van der Waals surface area (Å²) in [5.41, 5.74) is 0. The Balaban J connectivity index is 0. The van der Waals surface area contributed by atoms with Crippen molar-refractivity contribution >= 4 is 17.4 Å². The number of nitrogens with zero attached hydrogens (tertiary/aromatic N) is 2. The van der Waals surface area contributed by atoms with Gasteiger partial charge in [0.15, 0.2) is 0 Å². The molecule has 0 aromatic heterocycles. The zero-order valence-electron chi connectivity index (χ0n) is 28.4. The fourth-order valence-electron chi connectivity index (χ4n) is 6.25. The Morgan fingerprint density at radius 2 is 0.550 bits per heavy atom. The Labute approximate surface area is 260 Å². The van der Waals surface area contributed by atoms with Crippen molar-refractivity contribution in [2.45, 2.75) is 207 Å². The lowest BCUT2D eigenvalue weighted by Crippen LogP contribution is -2.49. The molecular weight excluding hydrogens is 504 g/mol. The molecule has 3 heteroatoms. The lowest BCUT2D eigenvalue weighted by Gasteiger charge is -2.37. The van der Waals surface area contributed by atoms with Gasteiger partial charge in [0.25, 0.3) is 0 Å². The van der Waals surface area contributed by atoms with Crippen LogP contribution in [0.15, 0.2) is 0 Å². The summed E-state index contributed by atoms with van der Waals surface area (Å²) < 4.78 is 1.39. The molecule has 0 spiro atoms. The summed E-state index contributed by atoms with van der Waals surface area (Å²) >= 11 is 3.70. The van der Waals surface area contributed by atoms with Crippen LogP contribution in [0.1, 0.15) is 207 Å². The maximum absolute atomic E-state index is 7.13. The quantitative estimate of drug-likeness (QED) is 0.0336. The van der Waals surface area contributed by atoms with Crippen LogP contribution in [0.2, 0.25) is 0 Å². The highest BCUT2D eigenvalue weighted by Crippen LogP contribution is 2.17. The summed E-state index contributed by atoms with van der Waals surface area (Å²) in [7, 11) is 0. The molecule has 0 fully saturated rings. The molecule has 0 rings (SSSR count). The summed E-state index contributed by atoms with van der Waals surface area (Å²) in [6.07, 6.45) is 41.1. The molecule has 0 amide bonds. The van der Waals surface area contributed by atoms with Gasteiger partial charge in [-0.05, 0) is 39.5 Å². The zero-order valence-corrected chi connectivity index (χ0v) is 29.2. The molecule has 2 nitrogen and oxygen atoms in total. The van der Waals surface area contributed by atoms with Crippen LogP contribution < -0.4 is 0 Å². The first-order valence-corrected chi connectivity index (χ1v) is 18.9. The molecular formula is C37H76N2S. The van der Waals surface area contributed by atoms with Crippen molar-refractivity contribution in [2.75, 3.05) is 26.2 Å². The molecule has 0 aromatic rings. The Hall–Kier alpha value is -0.240. The van der Waals surface area contributed by atoms with Crippen molar-refractivity contribution in [3.63, 3.8) is 0 Å². The molecule has 0 saturated carbocycles. The van der Waals surface area contributed by atoms with E-state index in [9.17, 15) is 0 Å². The van der Waals surface area contributed by atoms with E-state index in [0.717, 1.165) is 0 Å². The minimum atomic E-state index is 1.33. The average Bonchev–Trinajstić information content (AvgIpc) is 2.97. The number of unbranched alkanes of at least 4 members (excludes halogenated alkanes) is 26. The molecule has 0 heterocycles. The summed E-state index contributed by atoms with van der Waals surface area (Å²) in [6, 6.07) is 0. The van der Waals surface area contributed by atoms with Crippen LogP contribution in [-0.2, 0) is 0 Å². The highest BCUT2D eigenvalue weighted by molar-refractivity contribution is 7.78. The molecule has 0 atom stereocenters. The zero-order chi connectivity index (χ0) is 29.8. The lowest BCUT2D eigenvalue weighted by molar-refractivity contribution is -0.925.